The van der Waals surface area contributed by atoms with E-state index in [2.05, 4.69) is 45.1 Å². The van der Waals surface area contributed by atoms with E-state index in [4.69, 9.17) is 0 Å². The molecule has 0 saturated carbocycles. The van der Waals surface area contributed by atoms with E-state index in [0.717, 1.165) is 0 Å². The van der Waals surface area contributed by atoms with Crippen LogP contribution in [0.2, 0.25) is 0 Å². The number of nitrogens with zero attached hydrogens (tertiary/aromatic N) is 1. The molecule has 58 valence electrons. The third-order valence-corrected chi connectivity index (χ3v) is 2.99. The molecule has 0 aliphatic carbocycles. The number of hydrogen-bond donors (Lipinski definition) is 0. The number of alkyl halides is 1. The van der Waals surface area contributed by atoms with Crippen molar-refractivity contribution in [2.75, 3.05) is 11.4 Å². The number of para-hydroxylation sites is 1. The van der Waals surface area contributed by atoms with Crippen LogP contribution in [0.1, 0.15) is 6.42 Å². The Bertz CT molecular complexity index is 235. The van der Waals surface area contributed by atoms with Crippen molar-refractivity contribution in [2.24, 2.45) is 0 Å². The molecule has 1 aromatic carbocycles. The van der Waals surface area contributed by atoms with E-state index in [1.807, 2.05) is 6.07 Å². The average molecular weight is 212 g/mol. The normalized spacial score (nSPS) is 23.0. The molecule has 0 spiro atoms. The minimum Gasteiger partial charge on any atom is -0.359 e. The van der Waals surface area contributed by atoms with Crippen molar-refractivity contribution in [1.29, 1.82) is 0 Å². The van der Waals surface area contributed by atoms with Crippen LogP contribution in [0.4, 0.5) is 5.69 Å². The minimum absolute atomic E-state index is 0.560. The molecule has 1 atom stereocenters. The minimum atomic E-state index is 0.560. The van der Waals surface area contributed by atoms with Crippen molar-refractivity contribution < 1.29 is 0 Å². The van der Waals surface area contributed by atoms with E-state index < -0.39 is 0 Å². The van der Waals surface area contributed by atoms with E-state index >= 15 is 0 Å². The van der Waals surface area contributed by atoms with E-state index in [1.54, 1.807) is 0 Å². The van der Waals surface area contributed by atoms with E-state index in [9.17, 15) is 0 Å². The van der Waals surface area contributed by atoms with Crippen LogP contribution < -0.4 is 4.90 Å². The van der Waals surface area contributed by atoms with Crippen molar-refractivity contribution in [3.63, 3.8) is 0 Å². The molecule has 1 heterocycles. The van der Waals surface area contributed by atoms with Crippen molar-refractivity contribution >= 4 is 21.6 Å². The summed E-state index contributed by atoms with van der Waals surface area (Å²) in [6.07, 6.45) is 1.26. The summed E-state index contributed by atoms with van der Waals surface area (Å²) in [5.41, 5.74) is 1.32. The third-order valence-electron chi connectivity index (χ3n) is 2.03. The largest absolute Gasteiger partial charge is 0.359 e. The Labute approximate surface area is 75.1 Å². The van der Waals surface area contributed by atoms with Gasteiger partial charge in [-0.2, -0.15) is 0 Å². The Morgan fingerprint density at radius 2 is 2.00 bits per heavy atom. The van der Waals surface area contributed by atoms with Gasteiger partial charge in [-0.25, -0.2) is 0 Å². The first-order chi connectivity index (χ1) is 5.38. The summed E-state index contributed by atoms with van der Waals surface area (Å²) in [4.78, 5) is 2.91. The van der Waals surface area contributed by atoms with Crippen molar-refractivity contribution in [3.05, 3.63) is 30.3 Å². The van der Waals surface area contributed by atoms with Gasteiger partial charge in [-0.3, -0.25) is 0 Å². The van der Waals surface area contributed by atoms with Crippen LogP contribution in [0.5, 0.6) is 0 Å². The van der Waals surface area contributed by atoms with E-state index in [0.29, 0.717) is 4.95 Å². The SMILES string of the molecule is BrC1CCN1c1ccccc1. The Hall–Kier alpha value is -0.500. The van der Waals surface area contributed by atoms with Gasteiger partial charge in [0, 0.05) is 12.2 Å². The first kappa shape index (κ1) is 7.17. The first-order valence-corrected chi connectivity index (χ1v) is 4.75. The van der Waals surface area contributed by atoms with Crippen LogP contribution in [0.25, 0.3) is 0 Å². The highest BCUT2D eigenvalue weighted by atomic mass is 79.9. The van der Waals surface area contributed by atoms with Gasteiger partial charge in [0.1, 0.15) is 0 Å². The summed E-state index contributed by atoms with van der Waals surface area (Å²) in [6.45, 7) is 1.18. The zero-order valence-corrected chi connectivity index (χ0v) is 7.79. The lowest BCUT2D eigenvalue weighted by molar-refractivity contribution is 0.584. The zero-order valence-electron chi connectivity index (χ0n) is 6.20. The van der Waals surface area contributed by atoms with Crippen LogP contribution >= 0.6 is 15.9 Å². The Morgan fingerprint density at radius 3 is 2.45 bits per heavy atom. The second kappa shape index (κ2) is 2.86. The van der Waals surface area contributed by atoms with Crippen LogP contribution in [0.3, 0.4) is 0 Å². The molecule has 0 aromatic heterocycles. The molecule has 0 N–H and O–H groups in total. The molecular weight excluding hydrogens is 202 g/mol. The summed E-state index contributed by atoms with van der Waals surface area (Å²) >= 11 is 3.59. The van der Waals surface area contributed by atoms with Gasteiger partial charge >= 0.3 is 0 Å². The van der Waals surface area contributed by atoms with Crippen molar-refractivity contribution in [2.45, 2.75) is 11.4 Å². The fourth-order valence-corrected chi connectivity index (χ4v) is 1.91. The number of hydrogen-bond acceptors (Lipinski definition) is 1. The van der Waals surface area contributed by atoms with E-state index in [-0.39, 0.29) is 0 Å². The van der Waals surface area contributed by atoms with E-state index in [1.165, 1.54) is 18.7 Å². The fourth-order valence-electron chi connectivity index (χ4n) is 1.27. The molecule has 1 unspecified atom stereocenters. The molecule has 0 bridgehead atoms. The number of anilines is 1. The number of rotatable bonds is 1. The smallest absolute Gasteiger partial charge is 0.0862 e. The monoisotopic (exact) mass is 211 g/mol. The molecule has 2 heteroatoms. The van der Waals surface area contributed by atoms with Crippen LogP contribution in [0.15, 0.2) is 30.3 Å². The molecule has 2 rings (SSSR count). The average Bonchev–Trinajstić information content (AvgIpc) is 2.04. The number of halogens is 1. The molecule has 1 aromatic rings. The van der Waals surface area contributed by atoms with Crippen molar-refractivity contribution in [3.8, 4) is 0 Å². The molecule has 11 heavy (non-hydrogen) atoms. The fraction of sp³-hybridized carbons (Fsp3) is 0.333. The third kappa shape index (κ3) is 1.27. The molecule has 1 aliphatic rings. The summed E-state index contributed by atoms with van der Waals surface area (Å²) in [5, 5.41) is 0. The molecule has 1 saturated heterocycles. The standard InChI is InChI=1S/C9H10BrN/c10-9-6-7-11(9)8-4-2-1-3-5-8/h1-5,9H,6-7H2. The summed E-state index contributed by atoms with van der Waals surface area (Å²) in [5.74, 6) is 0. The maximum Gasteiger partial charge on any atom is 0.0862 e. The lowest BCUT2D eigenvalue weighted by atomic mass is 10.2. The molecule has 1 fully saturated rings. The summed E-state index contributed by atoms with van der Waals surface area (Å²) < 4.78 is 0. The van der Waals surface area contributed by atoms with Gasteiger partial charge < -0.3 is 4.90 Å². The van der Waals surface area contributed by atoms with Gasteiger partial charge in [-0.05, 0) is 18.6 Å². The second-order valence-corrected chi connectivity index (χ2v) is 3.81. The molecule has 0 radical (unpaired) electrons. The van der Waals surface area contributed by atoms with Gasteiger partial charge in [-0.15, -0.1) is 0 Å². The Morgan fingerprint density at radius 1 is 1.27 bits per heavy atom. The lowest BCUT2D eigenvalue weighted by Gasteiger charge is -2.39. The second-order valence-electron chi connectivity index (χ2n) is 2.75. The van der Waals surface area contributed by atoms with Gasteiger partial charge in [0.15, 0.2) is 0 Å². The zero-order chi connectivity index (χ0) is 7.68. The molecular formula is C9H10BrN. The van der Waals surface area contributed by atoms with Gasteiger partial charge in [0.05, 0.1) is 4.95 Å². The predicted octanol–water partition coefficient (Wildman–Crippen LogP) is 2.62. The van der Waals surface area contributed by atoms with Crippen LogP contribution in [0, 0.1) is 0 Å². The summed E-state index contributed by atoms with van der Waals surface area (Å²) in [6, 6.07) is 10.5. The van der Waals surface area contributed by atoms with Crippen molar-refractivity contribution in [1.82, 2.24) is 0 Å². The molecule has 1 nitrogen and oxygen atoms in total. The Kier molecular flexibility index (Phi) is 1.86. The van der Waals surface area contributed by atoms with Gasteiger partial charge in [-0.1, -0.05) is 34.1 Å². The lowest BCUT2D eigenvalue weighted by Crippen LogP contribution is -2.43. The first-order valence-electron chi connectivity index (χ1n) is 3.84. The van der Waals surface area contributed by atoms with Crippen LogP contribution in [-0.2, 0) is 0 Å². The predicted molar refractivity (Wildman–Crippen MR) is 51.1 cm³/mol. The highest BCUT2D eigenvalue weighted by molar-refractivity contribution is 9.09. The summed E-state index contributed by atoms with van der Waals surface area (Å²) in [7, 11) is 0. The maximum absolute atomic E-state index is 3.59. The topological polar surface area (TPSA) is 3.24 Å². The highest BCUT2D eigenvalue weighted by Gasteiger charge is 2.24. The molecule has 0 amide bonds. The van der Waals surface area contributed by atoms with Gasteiger partial charge in [0.25, 0.3) is 0 Å². The number of benzene rings is 1. The van der Waals surface area contributed by atoms with Gasteiger partial charge in [0.2, 0.25) is 0 Å². The Balaban J connectivity index is 2.17. The van der Waals surface area contributed by atoms with Crippen LogP contribution in [-0.4, -0.2) is 11.5 Å². The maximum atomic E-state index is 3.59. The molecule has 1 aliphatic heterocycles. The quantitative estimate of drug-likeness (QED) is 0.510. The highest BCUT2D eigenvalue weighted by Crippen LogP contribution is 2.29.